The van der Waals surface area contributed by atoms with Crippen LogP contribution in [0.1, 0.15) is 80.2 Å². The van der Waals surface area contributed by atoms with Crippen LogP contribution in [0, 0.1) is 19.3 Å². The molecule has 4 aromatic rings. The molecule has 0 amide bonds. The molecule has 3 heteroatoms. The lowest BCUT2D eigenvalue weighted by Crippen LogP contribution is -2.36. The van der Waals surface area contributed by atoms with Crippen molar-refractivity contribution in [2.45, 2.75) is 88.0 Å². The molecule has 0 saturated heterocycles. The van der Waals surface area contributed by atoms with Crippen LogP contribution < -0.4 is 0 Å². The molecule has 2 N–H and O–H groups in total. The smallest absolute Gasteiger partial charge is 0.123 e. The van der Waals surface area contributed by atoms with E-state index in [1.807, 2.05) is 0 Å². The largest absolute Gasteiger partial charge is 0.507 e. The van der Waals surface area contributed by atoms with E-state index in [1.165, 1.54) is 64.0 Å². The number of fused-ring (bicyclic) bond motifs is 7. The zero-order valence-corrected chi connectivity index (χ0v) is 23.8. The molecule has 4 aromatic carbocycles. The molecule has 0 aliphatic heterocycles. The van der Waals surface area contributed by atoms with Crippen molar-refractivity contribution in [2.75, 3.05) is 0 Å². The Morgan fingerprint density at radius 3 is 2.13 bits per heavy atom. The average Bonchev–Trinajstić information content (AvgIpc) is 3.20. The Morgan fingerprint density at radius 1 is 0.789 bits per heavy atom. The highest BCUT2D eigenvalue weighted by atomic mass is 32.2. The minimum atomic E-state index is -0.0451. The summed E-state index contributed by atoms with van der Waals surface area (Å²) >= 11 is 1.69. The highest BCUT2D eigenvalue weighted by Gasteiger charge is 2.49. The number of benzene rings is 4. The number of aliphatic hydroxyl groups excluding tert-OH is 1. The van der Waals surface area contributed by atoms with E-state index in [9.17, 15) is 10.2 Å². The van der Waals surface area contributed by atoms with Crippen molar-refractivity contribution in [1.82, 2.24) is 0 Å². The van der Waals surface area contributed by atoms with Gasteiger partial charge < -0.3 is 10.2 Å². The quantitative estimate of drug-likeness (QED) is 0.274. The molecular weight excluding hydrogens is 484 g/mol. The van der Waals surface area contributed by atoms with E-state index in [4.69, 9.17) is 0 Å². The lowest BCUT2D eigenvalue weighted by Gasteiger charge is -2.45. The number of phenolic OH excluding ortho intramolecular Hbond substituents is 1. The second-order valence-corrected chi connectivity index (χ2v) is 12.7. The highest BCUT2D eigenvalue weighted by Crippen LogP contribution is 2.61. The zero-order valence-electron chi connectivity index (χ0n) is 23.0. The lowest BCUT2D eigenvalue weighted by atomic mass is 9.58. The predicted octanol–water partition coefficient (Wildman–Crippen LogP) is 9.45. The fourth-order valence-corrected chi connectivity index (χ4v) is 8.51. The van der Waals surface area contributed by atoms with Gasteiger partial charge in [-0.05, 0) is 107 Å². The summed E-state index contributed by atoms with van der Waals surface area (Å²) in [6, 6.07) is 21.6. The van der Waals surface area contributed by atoms with Crippen LogP contribution in [0.5, 0.6) is 5.75 Å². The average molecular weight is 523 g/mol. The third kappa shape index (κ3) is 3.73. The summed E-state index contributed by atoms with van der Waals surface area (Å²) in [4.78, 5) is 2.21. The van der Waals surface area contributed by atoms with E-state index < -0.39 is 0 Å². The molecule has 2 aliphatic carbocycles. The van der Waals surface area contributed by atoms with Crippen LogP contribution in [0.4, 0.5) is 0 Å². The lowest BCUT2D eigenvalue weighted by molar-refractivity contribution is 0.133. The van der Waals surface area contributed by atoms with E-state index in [0.29, 0.717) is 11.2 Å². The minimum Gasteiger partial charge on any atom is -0.507 e. The van der Waals surface area contributed by atoms with Gasteiger partial charge in [0.2, 0.25) is 0 Å². The van der Waals surface area contributed by atoms with Crippen molar-refractivity contribution >= 4 is 22.5 Å². The number of rotatable bonds is 5. The summed E-state index contributed by atoms with van der Waals surface area (Å²) < 4.78 is 0. The maximum atomic E-state index is 11.5. The van der Waals surface area contributed by atoms with Crippen molar-refractivity contribution < 1.29 is 10.2 Å². The summed E-state index contributed by atoms with van der Waals surface area (Å²) in [5.74, 6) is 0.349. The molecule has 0 bridgehead atoms. The first-order valence-electron chi connectivity index (χ1n) is 14.1. The highest BCUT2D eigenvalue weighted by molar-refractivity contribution is 7.99. The SMILES string of the molecule is CCC1(CC)CCC2(CC1)c1ccccc1-c1c2cc(O)c2cc(Sc3c(C)cccc3C)c(CO)cc12. The molecule has 0 aromatic heterocycles. The van der Waals surface area contributed by atoms with Crippen LogP contribution in [0.2, 0.25) is 0 Å². The molecule has 2 nitrogen and oxygen atoms in total. The normalized spacial score (nSPS) is 17.1. The second-order valence-electron chi connectivity index (χ2n) is 11.6. The molecule has 1 fully saturated rings. The Hall–Kier alpha value is -2.75. The van der Waals surface area contributed by atoms with Gasteiger partial charge in [-0.3, -0.25) is 0 Å². The van der Waals surface area contributed by atoms with Crippen LogP contribution >= 0.6 is 11.8 Å². The topological polar surface area (TPSA) is 40.5 Å². The number of aryl methyl sites for hydroxylation is 2. The molecule has 38 heavy (non-hydrogen) atoms. The van der Waals surface area contributed by atoms with E-state index in [1.54, 1.807) is 11.8 Å². The van der Waals surface area contributed by atoms with Crippen LogP contribution in [0.25, 0.3) is 21.9 Å². The molecular formula is C35H38O2S. The number of phenols is 1. The Kier molecular flexibility index (Phi) is 6.36. The van der Waals surface area contributed by atoms with Crippen molar-refractivity contribution in [3.8, 4) is 16.9 Å². The molecule has 0 atom stereocenters. The van der Waals surface area contributed by atoms with Gasteiger partial charge in [-0.25, -0.2) is 0 Å². The van der Waals surface area contributed by atoms with Gasteiger partial charge in [0.1, 0.15) is 5.75 Å². The van der Waals surface area contributed by atoms with Crippen molar-refractivity contribution in [2.24, 2.45) is 5.41 Å². The fourth-order valence-electron chi connectivity index (χ4n) is 7.40. The predicted molar refractivity (Wildman–Crippen MR) is 159 cm³/mol. The summed E-state index contributed by atoms with van der Waals surface area (Å²) in [7, 11) is 0. The maximum Gasteiger partial charge on any atom is 0.123 e. The number of hydrogen-bond donors (Lipinski definition) is 2. The molecule has 6 rings (SSSR count). The van der Waals surface area contributed by atoms with Crippen molar-refractivity contribution in [3.05, 3.63) is 88.5 Å². The van der Waals surface area contributed by atoms with Gasteiger partial charge in [-0.2, -0.15) is 0 Å². The van der Waals surface area contributed by atoms with Gasteiger partial charge in [-0.1, -0.05) is 80.9 Å². The maximum absolute atomic E-state index is 11.5. The van der Waals surface area contributed by atoms with E-state index in [0.717, 1.165) is 34.1 Å². The van der Waals surface area contributed by atoms with Gasteiger partial charge >= 0.3 is 0 Å². The summed E-state index contributed by atoms with van der Waals surface area (Å²) in [6.45, 7) is 8.93. The van der Waals surface area contributed by atoms with Crippen molar-refractivity contribution in [1.29, 1.82) is 0 Å². The van der Waals surface area contributed by atoms with E-state index in [2.05, 4.69) is 88.4 Å². The fraction of sp³-hybridized carbons (Fsp3) is 0.371. The van der Waals surface area contributed by atoms with Gasteiger partial charge in [0.15, 0.2) is 0 Å². The summed E-state index contributed by atoms with van der Waals surface area (Å²) in [5, 5.41) is 23.9. The Balaban J connectivity index is 1.55. The second kappa shape index (κ2) is 9.47. The first-order valence-corrected chi connectivity index (χ1v) is 15.0. The Bertz CT molecular complexity index is 1520. The van der Waals surface area contributed by atoms with Gasteiger partial charge in [0.05, 0.1) is 6.61 Å². The molecule has 0 radical (unpaired) electrons. The first-order chi connectivity index (χ1) is 18.4. The minimum absolute atomic E-state index is 0.0318. The molecule has 196 valence electrons. The first kappa shape index (κ1) is 25.5. The summed E-state index contributed by atoms with van der Waals surface area (Å²) in [5.41, 5.74) is 9.00. The van der Waals surface area contributed by atoms with Gasteiger partial charge in [-0.15, -0.1) is 0 Å². The zero-order chi connectivity index (χ0) is 26.7. The molecule has 0 heterocycles. The van der Waals surface area contributed by atoms with Crippen LogP contribution in [0.3, 0.4) is 0 Å². The van der Waals surface area contributed by atoms with Crippen LogP contribution in [0.15, 0.2) is 70.5 Å². The number of aromatic hydroxyl groups is 1. The van der Waals surface area contributed by atoms with E-state index >= 15 is 0 Å². The molecule has 2 aliphatic rings. The molecule has 1 saturated carbocycles. The third-order valence-electron chi connectivity index (χ3n) is 9.98. The van der Waals surface area contributed by atoms with Crippen LogP contribution in [-0.2, 0) is 12.0 Å². The number of aliphatic hydroxyl groups is 1. The van der Waals surface area contributed by atoms with Gasteiger partial charge in [0, 0.05) is 20.6 Å². The van der Waals surface area contributed by atoms with Crippen molar-refractivity contribution in [3.63, 3.8) is 0 Å². The van der Waals surface area contributed by atoms with E-state index in [-0.39, 0.29) is 12.0 Å². The number of hydrogen-bond acceptors (Lipinski definition) is 3. The van der Waals surface area contributed by atoms with Gasteiger partial charge in [0.25, 0.3) is 0 Å². The standard InChI is InChI=1S/C35H38O2S/c1-5-34(6-2)14-16-35(17-15-34)28-13-8-7-12-25(28)32-27-18-24(21-36)31(19-26(27)30(37)20-29(32)35)38-33-22(3)10-9-11-23(33)4/h7-13,18-20,36-37H,5-6,14-17,21H2,1-4H3. The Morgan fingerprint density at radius 2 is 1.47 bits per heavy atom. The molecule has 0 unspecified atom stereocenters. The van der Waals surface area contributed by atoms with Crippen LogP contribution in [-0.4, -0.2) is 10.2 Å². The monoisotopic (exact) mass is 522 g/mol. The third-order valence-corrected chi connectivity index (χ3v) is 11.4. The molecule has 1 spiro atoms. The Labute approximate surface area is 231 Å². The summed E-state index contributed by atoms with van der Waals surface area (Å²) in [6.07, 6.45) is 7.16.